The molecule has 4 aromatic carbocycles. The van der Waals surface area contributed by atoms with Crippen LogP contribution in [0, 0.1) is 12.8 Å². The minimum Gasteiger partial charge on any atom is -0.456 e. The van der Waals surface area contributed by atoms with E-state index in [1.165, 1.54) is 0 Å². The van der Waals surface area contributed by atoms with Crippen molar-refractivity contribution in [1.29, 1.82) is 0 Å². The first kappa shape index (κ1) is 23.8. The summed E-state index contributed by atoms with van der Waals surface area (Å²) in [4.78, 5) is 13.4. The molecule has 3 aliphatic heterocycles. The topological polar surface area (TPSA) is 68.8 Å². The predicted octanol–water partition coefficient (Wildman–Crippen LogP) is 7.49. The van der Waals surface area contributed by atoms with Crippen LogP contribution in [-0.2, 0) is 15.1 Å². The number of carbonyl (C=O) groups excluding carboxylic acids is 1. The largest absolute Gasteiger partial charge is 0.456 e. The van der Waals surface area contributed by atoms with Crippen LogP contribution in [0.2, 0.25) is 0 Å². The average Bonchev–Trinajstić information content (AvgIpc) is 3.52. The third kappa shape index (κ3) is 3.70. The van der Waals surface area contributed by atoms with Crippen molar-refractivity contribution in [2.75, 3.05) is 17.2 Å². The number of benzene rings is 4. The number of rotatable bonds is 5. The van der Waals surface area contributed by atoms with Gasteiger partial charge >= 0.3 is 5.97 Å². The first-order chi connectivity index (χ1) is 19.1. The smallest absolute Gasteiger partial charge is 0.340 e. The molecule has 3 atom stereocenters. The lowest BCUT2D eigenvalue weighted by Crippen LogP contribution is -2.35. The number of hydrogen-bond acceptors (Lipinski definition) is 6. The zero-order valence-electron chi connectivity index (χ0n) is 22.0. The molecule has 1 saturated heterocycles. The predicted molar refractivity (Wildman–Crippen MR) is 151 cm³/mol. The molecule has 0 amide bonds. The lowest BCUT2D eigenvalue weighted by molar-refractivity contribution is 0.0226. The number of carbonyl (C=O) groups is 1. The third-order valence-electron chi connectivity index (χ3n) is 8.17. The highest BCUT2D eigenvalue weighted by molar-refractivity contribution is 5.97. The Kier molecular flexibility index (Phi) is 5.60. The second-order valence-electron chi connectivity index (χ2n) is 10.4. The molecule has 3 aliphatic rings. The molecule has 4 aromatic rings. The van der Waals surface area contributed by atoms with Gasteiger partial charge in [0.25, 0.3) is 0 Å². The Balaban J connectivity index is 1.45. The van der Waals surface area contributed by atoms with Gasteiger partial charge in [0.05, 0.1) is 11.1 Å². The summed E-state index contributed by atoms with van der Waals surface area (Å²) < 4.78 is 19.1. The van der Waals surface area contributed by atoms with Crippen LogP contribution in [0.3, 0.4) is 0 Å². The van der Waals surface area contributed by atoms with Gasteiger partial charge in [0.15, 0.2) is 5.60 Å². The highest BCUT2D eigenvalue weighted by Gasteiger charge is 2.55. The summed E-state index contributed by atoms with van der Waals surface area (Å²) >= 11 is 0. The monoisotopic (exact) mass is 518 g/mol. The molecule has 0 aliphatic carbocycles. The van der Waals surface area contributed by atoms with Crippen LogP contribution >= 0.6 is 0 Å². The fourth-order valence-corrected chi connectivity index (χ4v) is 6.17. The molecular formula is C33H30N2O4. The highest BCUT2D eigenvalue weighted by atomic mass is 16.6. The highest BCUT2D eigenvalue weighted by Crippen LogP contribution is 2.59. The zero-order chi connectivity index (χ0) is 26.6. The van der Waals surface area contributed by atoms with Gasteiger partial charge in [0.2, 0.25) is 0 Å². The lowest BCUT2D eigenvalue weighted by Gasteiger charge is -2.39. The van der Waals surface area contributed by atoms with Crippen molar-refractivity contribution >= 4 is 23.0 Å². The normalized spacial score (nSPS) is 22.5. The molecule has 0 radical (unpaired) electrons. The number of nitrogens with one attached hydrogen (secondary N) is 2. The maximum atomic E-state index is 13.4. The number of esters is 1. The standard InChI is InChI=1S/C33H30N2O4/c1-3-21-16-17-37-31(21)35-26-14-9-15-28-30(26)33(24-13-8-7-12-23(24)32(36)39-33)25-19-27(20(2)18-29(25)38-28)34-22-10-5-4-6-11-22/h4-15,18-19,21,31,34-35H,3,16-17H2,1-2H3. The fourth-order valence-electron chi connectivity index (χ4n) is 6.17. The van der Waals surface area contributed by atoms with E-state index in [0.29, 0.717) is 23.0 Å². The maximum Gasteiger partial charge on any atom is 0.340 e. The number of para-hydroxylation sites is 1. The summed E-state index contributed by atoms with van der Waals surface area (Å²) in [5.41, 5.74) is 5.52. The summed E-state index contributed by atoms with van der Waals surface area (Å²) in [6.45, 7) is 4.96. The van der Waals surface area contributed by atoms with Crippen molar-refractivity contribution in [2.24, 2.45) is 5.92 Å². The zero-order valence-corrected chi connectivity index (χ0v) is 22.0. The minimum atomic E-state index is -1.18. The van der Waals surface area contributed by atoms with E-state index in [-0.39, 0.29) is 12.2 Å². The number of hydrogen-bond donors (Lipinski definition) is 2. The molecular weight excluding hydrogens is 488 g/mol. The molecule has 39 heavy (non-hydrogen) atoms. The average molecular weight is 519 g/mol. The Morgan fingerprint density at radius 3 is 2.56 bits per heavy atom. The molecule has 1 spiro atoms. The van der Waals surface area contributed by atoms with Gasteiger partial charge < -0.3 is 24.8 Å². The van der Waals surface area contributed by atoms with E-state index in [4.69, 9.17) is 14.2 Å². The summed E-state index contributed by atoms with van der Waals surface area (Å²) in [5.74, 6) is 1.38. The van der Waals surface area contributed by atoms with Crippen LogP contribution in [-0.4, -0.2) is 18.8 Å². The van der Waals surface area contributed by atoms with Gasteiger partial charge in [-0.25, -0.2) is 4.79 Å². The van der Waals surface area contributed by atoms with Crippen LogP contribution in [0.25, 0.3) is 0 Å². The molecule has 1 fully saturated rings. The quantitative estimate of drug-likeness (QED) is 0.267. The third-order valence-corrected chi connectivity index (χ3v) is 8.17. The van der Waals surface area contributed by atoms with E-state index in [2.05, 4.69) is 23.6 Å². The molecule has 0 saturated carbocycles. The Hall–Kier alpha value is -4.29. The van der Waals surface area contributed by atoms with E-state index in [1.54, 1.807) is 0 Å². The summed E-state index contributed by atoms with van der Waals surface area (Å²) in [6, 6.07) is 27.7. The molecule has 3 unspecified atom stereocenters. The van der Waals surface area contributed by atoms with Gasteiger partial charge in [-0.1, -0.05) is 49.4 Å². The summed E-state index contributed by atoms with van der Waals surface area (Å²) in [6.07, 6.45) is 1.91. The van der Waals surface area contributed by atoms with E-state index in [9.17, 15) is 4.79 Å². The maximum absolute atomic E-state index is 13.4. The fraction of sp³-hybridized carbons (Fsp3) is 0.242. The van der Waals surface area contributed by atoms with Crippen LogP contribution < -0.4 is 15.4 Å². The van der Waals surface area contributed by atoms with Crippen LogP contribution in [0.1, 0.15) is 52.4 Å². The first-order valence-corrected chi connectivity index (χ1v) is 13.6. The second-order valence-corrected chi connectivity index (χ2v) is 10.4. The van der Waals surface area contributed by atoms with Gasteiger partial charge in [-0.2, -0.15) is 0 Å². The van der Waals surface area contributed by atoms with E-state index in [0.717, 1.165) is 58.8 Å². The molecule has 196 valence electrons. The molecule has 6 heteroatoms. The van der Waals surface area contributed by atoms with E-state index in [1.807, 2.05) is 85.8 Å². The van der Waals surface area contributed by atoms with Crippen molar-refractivity contribution in [3.05, 3.63) is 113 Å². The molecule has 0 bridgehead atoms. The Labute approximate surface area is 227 Å². The summed E-state index contributed by atoms with van der Waals surface area (Å²) in [5, 5.41) is 7.20. The van der Waals surface area contributed by atoms with Crippen molar-refractivity contribution in [3.63, 3.8) is 0 Å². The Morgan fingerprint density at radius 2 is 1.72 bits per heavy atom. The van der Waals surface area contributed by atoms with Gasteiger partial charge in [-0.15, -0.1) is 0 Å². The molecule has 3 heterocycles. The van der Waals surface area contributed by atoms with Crippen molar-refractivity contribution in [2.45, 2.75) is 38.5 Å². The van der Waals surface area contributed by atoms with Crippen LogP contribution in [0.4, 0.5) is 17.1 Å². The molecule has 0 aromatic heterocycles. The van der Waals surface area contributed by atoms with Crippen LogP contribution in [0.5, 0.6) is 11.5 Å². The Bertz CT molecular complexity index is 1580. The van der Waals surface area contributed by atoms with Gasteiger partial charge in [0, 0.05) is 40.7 Å². The minimum absolute atomic E-state index is 0.124. The second kappa shape index (κ2) is 9.17. The van der Waals surface area contributed by atoms with Gasteiger partial charge in [-0.3, -0.25) is 0 Å². The van der Waals surface area contributed by atoms with Gasteiger partial charge in [-0.05, 0) is 67.8 Å². The summed E-state index contributed by atoms with van der Waals surface area (Å²) in [7, 11) is 0. The van der Waals surface area contributed by atoms with E-state index >= 15 is 0 Å². The van der Waals surface area contributed by atoms with Crippen LogP contribution in [0.15, 0.2) is 84.9 Å². The van der Waals surface area contributed by atoms with Crippen molar-refractivity contribution in [1.82, 2.24) is 0 Å². The van der Waals surface area contributed by atoms with Crippen molar-refractivity contribution in [3.8, 4) is 11.5 Å². The number of ether oxygens (including phenoxy) is 3. The molecule has 7 rings (SSSR count). The lowest BCUT2D eigenvalue weighted by atomic mass is 9.76. The molecule has 2 N–H and O–H groups in total. The molecule has 6 nitrogen and oxygen atoms in total. The van der Waals surface area contributed by atoms with Gasteiger partial charge in [0.1, 0.15) is 17.7 Å². The number of aryl methyl sites for hydroxylation is 1. The SMILES string of the molecule is CCC1CCOC1Nc1cccc2c1C1(OC(=O)c3ccccc31)c1cc(Nc3ccccc3)c(C)cc1O2. The first-order valence-electron chi connectivity index (χ1n) is 13.6. The number of fused-ring (bicyclic) bond motifs is 6. The number of anilines is 3. The van der Waals surface area contributed by atoms with Crippen molar-refractivity contribution < 1.29 is 19.0 Å². The Morgan fingerprint density at radius 1 is 0.897 bits per heavy atom. The van der Waals surface area contributed by atoms with E-state index < -0.39 is 5.60 Å².